The summed E-state index contributed by atoms with van der Waals surface area (Å²) in [6, 6.07) is 19.5. The number of aromatic amines is 1. The lowest BCUT2D eigenvalue weighted by Crippen LogP contribution is -2.40. The maximum atomic E-state index is 13.6. The Labute approximate surface area is 205 Å². The third-order valence-electron chi connectivity index (χ3n) is 6.64. The first-order valence-corrected chi connectivity index (χ1v) is 12.3. The van der Waals surface area contributed by atoms with Gasteiger partial charge in [-0.05, 0) is 43.7 Å². The van der Waals surface area contributed by atoms with Crippen LogP contribution < -0.4 is 10.3 Å². The number of amides is 1. The van der Waals surface area contributed by atoms with Crippen LogP contribution in [0.3, 0.4) is 0 Å². The Balaban J connectivity index is 1.74. The number of benzene rings is 2. The second-order valence-corrected chi connectivity index (χ2v) is 9.27. The molecule has 0 unspecified atom stereocenters. The highest BCUT2D eigenvalue weighted by atomic mass is 16.5. The summed E-state index contributed by atoms with van der Waals surface area (Å²) in [5.41, 5.74) is 1.63. The standard InChI is InChI=1S/C28H33N3O4/c1-19(2)31(16-17-32)28(34)24-25(35-18-20-10-5-3-6-11-20)27(33)30-26(29-24)23-15-9-14-22(23)21-12-7-4-8-13-21/h3-8,10-13,19,22-23,32H,9,14-18H2,1-2H3,(H,29,30,33)/t22-,23-/m1/s1. The van der Waals surface area contributed by atoms with E-state index in [-0.39, 0.29) is 49.1 Å². The minimum Gasteiger partial charge on any atom is -0.481 e. The van der Waals surface area contributed by atoms with Crippen molar-refractivity contribution in [2.45, 2.75) is 57.6 Å². The van der Waals surface area contributed by atoms with E-state index >= 15 is 0 Å². The number of ether oxygens (including phenoxy) is 1. The number of carbonyl (C=O) groups is 1. The molecule has 0 radical (unpaired) electrons. The molecule has 35 heavy (non-hydrogen) atoms. The summed E-state index contributed by atoms with van der Waals surface area (Å²) < 4.78 is 5.90. The van der Waals surface area contributed by atoms with Gasteiger partial charge in [-0.25, -0.2) is 4.98 Å². The van der Waals surface area contributed by atoms with Gasteiger partial charge in [0.25, 0.3) is 11.5 Å². The molecule has 1 amide bonds. The predicted molar refractivity (Wildman–Crippen MR) is 135 cm³/mol. The van der Waals surface area contributed by atoms with Gasteiger partial charge in [-0.15, -0.1) is 0 Å². The Bertz CT molecular complexity index is 1180. The van der Waals surface area contributed by atoms with Crippen molar-refractivity contribution in [2.75, 3.05) is 13.2 Å². The minimum absolute atomic E-state index is 0.000503. The van der Waals surface area contributed by atoms with Crippen LogP contribution in [0.4, 0.5) is 0 Å². The largest absolute Gasteiger partial charge is 0.481 e. The fraction of sp³-hybridized carbons (Fsp3) is 0.393. The van der Waals surface area contributed by atoms with Crippen molar-refractivity contribution in [1.82, 2.24) is 14.9 Å². The molecule has 0 spiro atoms. The summed E-state index contributed by atoms with van der Waals surface area (Å²) in [6.45, 7) is 3.85. The molecule has 7 heteroatoms. The fourth-order valence-electron chi connectivity index (χ4n) is 4.89. The van der Waals surface area contributed by atoms with E-state index in [2.05, 4.69) is 17.1 Å². The smallest absolute Gasteiger partial charge is 0.294 e. The van der Waals surface area contributed by atoms with Gasteiger partial charge >= 0.3 is 0 Å². The van der Waals surface area contributed by atoms with Crippen molar-refractivity contribution in [3.8, 4) is 5.75 Å². The van der Waals surface area contributed by atoms with E-state index in [9.17, 15) is 14.7 Å². The molecule has 1 aliphatic rings. The number of hydrogen-bond donors (Lipinski definition) is 2. The van der Waals surface area contributed by atoms with Crippen LogP contribution in [-0.4, -0.2) is 45.1 Å². The van der Waals surface area contributed by atoms with Crippen LogP contribution in [0.2, 0.25) is 0 Å². The molecule has 4 rings (SSSR count). The van der Waals surface area contributed by atoms with Gasteiger partial charge in [-0.2, -0.15) is 0 Å². The van der Waals surface area contributed by atoms with Crippen LogP contribution in [0.1, 0.15) is 72.4 Å². The first-order valence-electron chi connectivity index (χ1n) is 12.3. The van der Waals surface area contributed by atoms with E-state index in [1.54, 1.807) is 0 Å². The number of aromatic nitrogens is 2. The summed E-state index contributed by atoms with van der Waals surface area (Å²) in [5, 5.41) is 9.53. The highest BCUT2D eigenvalue weighted by Gasteiger charge is 2.34. The lowest BCUT2D eigenvalue weighted by molar-refractivity contribution is 0.0652. The van der Waals surface area contributed by atoms with E-state index < -0.39 is 11.5 Å². The molecule has 2 atom stereocenters. The number of nitrogens with zero attached hydrogens (tertiary/aromatic N) is 2. The second kappa shape index (κ2) is 11.3. The van der Waals surface area contributed by atoms with Crippen LogP contribution in [0, 0.1) is 0 Å². The number of aliphatic hydroxyl groups excluding tert-OH is 1. The van der Waals surface area contributed by atoms with Crippen LogP contribution >= 0.6 is 0 Å². The lowest BCUT2D eigenvalue weighted by atomic mass is 9.88. The normalized spacial score (nSPS) is 17.5. The predicted octanol–water partition coefficient (Wildman–Crippen LogP) is 4.24. The molecule has 7 nitrogen and oxygen atoms in total. The topological polar surface area (TPSA) is 95.5 Å². The molecule has 0 aliphatic heterocycles. The molecule has 3 aromatic rings. The first-order chi connectivity index (χ1) is 17.0. The zero-order chi connectivity index (χ0) is 24.8. The third-order valence-corrected chi connectivity index (χ3v) is 6.64. The number of hydrogen-bond acceptors (Lipinski definition) is 5. The average molecular weight is 476 g/mol. The van der Waals surface area contributed by atoms with Gasteiger partial charge in [-0.1, -0.05) is 67.1 Å². The number of rotatable bonds is 9. The number of aliphatic hydroxyl groups is 1. The zero-order valence-corrected chi connectivity index (χ0v) is 20.3. The molecule has 1 heterocycles. The van der Waals surface area contributed by atoms with Gasteiger partial charge in [0.15, 0.2) is 5.69 Å². The van der Waals surface area contributed by atoms with Crippen molar-refractivity contribution >= 4 is 5.91 Å². The van der Waals surface area contributed by atoms with Gasteiger partial charge in [0, 0.05) is 18.5 Å². The molecule has 184 valence electrons. The van der Waals surface area contributed by atoms with Crippen LogP contribution in [-0.2, 0) is 6.61 Å². The number of nitrogens with one attached hydrogen (secondary N) is 1. The quantitative estimate of drug-likeness (QED) is 0.483. The van der Waals surface area contributed by atoms with Crippen LogP contribution in [0.15, 0.2) is 65.5 Å². The van der Waals surface area contributed by atoms with E-state index in [1.807, 2.05) is 62.4 Å². The molecule has 0 saturated heterocycles. The highest BCUT2D eigenvalue weighted by molar-refractivity contribution is 5.95. The van der Waals surface area contributed by atoms with E-state index in [0.717, 1.165) is 24.8 Å². The van der Waals surface area contributed by atoms with Crippen molar-refractivity contribution in [2.24, 2.45) is 0 Å². The van der Waals surface area contributed by atoms with Crippen molar-refractivity contribution in [1.29, 1.82) is 0 Å². The summed E-state index contributed by atoms with van der Waals surface area (Å²) >= 11 is 0. The summed E-state index contributed by atoms with van der Waals surface area (Å²) in [6.07, 6.45) is 2.90. The SMILES string of the molecule is CC(C)N(CCO)C(=O)c1nc([C@@H]2CCC[C@@H]2c2ccccc2)[nH]c(=O)c1OCc1ccccc1. The van der Waals surface area contributed by atoms with Gasteiger partial charge in [0.1, 0.15) is 12.4 Å². The molecular formula is C28H33N3O4. The Hall–Kier alpha value is -3.45. The van der Waals surface area contributed by atoms with Crippen LogP contribution in [0.5, 0.6) is 5.75 Å². The minimum atomic E-state index is -0.458. The molecule has 2 aromatic carbocycles. The van der Waals surface area contributed by atoms with E-state index in [1.165, 1.54) is 10.5 Å². The van der Waals surface area contributed by atoms with E-state index in [0.29, 0.717) is 5.82 Å². The van der Waals surface area contributed by atoms with Crippen molar-refractivity contribution in [3.05, 3.63) is 93.7 Å². The average Bonchev–Trinajstić information content (AvgIpc) is 3.37. The van der Waals surface area contributed by atoms with Crippen molar-refractivity contribution < 1.29 is 14.6 Å². The molecule has 1 fully saturated rings. The molecule has 0 bridgehead atoms. The Kier molecular flexibility index (Phi) is 7.98. The molecule has 2 N–H and O–H groups in total. The fourth-order valence-corrected chi connectivity index (χ4v) is 4.89. The maximum Gasteiger partial charge on any atom is 0.294 e. The van der Waals surface area contributed by atoms with Gasteiger partial charge < -0.3 is 19.7 Å². The Morgan fingerprint density at radius 3 is 2.40 bits per heavy atom. The molecule has 1 aromatic heterocycles. The van der Waals surface area contributed by atoms with Crippen molar-refractivity contribution in [3.63, 3.8) is 0 Å². The van der Waals surface area contributed by atoms with Gasteiger partial charge in [0.2, 0.25) is 5.75 Å². The number of carbonyl (C=O) groups excluding carboxylic acids is 1. The van der Waals surface area contributed by atoms with Gasteiger partial charge in [0.05, 0.1) is 6.61 Å². The Morgan fingerprint density at radius 2 is 1.74 bits per heavy atom. The Morgan fingerprint density at radius 1 is 1.09 bits per heavy atom. The monoisotopic (exact) mass is 475 g/mol. The summed E-state index contributed by atoms with van der Waals surface area (Å²) in [5.74, 6) is 0.242. The third kappa shape index (κ3) is 5.62. The van der Waals surface area contributed by atoms with Crippen LogP contribution in [0.25, 0.3) is 0 Å². The highest BCUT2D eigenvalue weighted by Crippen LogP contribution is 2.44. The molecular weight excluding hydrogens is 442 g/mol. The zero-order valence-electron chi connectivity index (χ0n) is 20.3. The molecule has 1 saturated carbocycles. The first kappa shape index (κ1) is 24.7. The second-order valence-electron chi connectivity index (χ2n) is 9.27. The van der Waals surface area contributed by atoms with Gasteiger partial charge in [-0.3, -0.25) is 9.59 Å². The maximum absolute atomic E-state index is 13.6. The lowest BCUT2D eigenvalue weighted by Gasteiger charge is -2.27. The summed E-state index contributed by atoms with van der Waals surface area (Å²) in [4.78, 5) is 36.1. The number of H-pyrrole nitrogens is 1. The van der Waals surface area contributed by atoms with E-state index in [4.69, 9.17) is 9.72 Å². The molecule has 1 aliphatic carbocycles. The summed E-state index contributed by atoms with van der Waals surface area (Å²) in [7, 11) is 0.